The Labute approximate surface area is 95.4 Å². The van der Waals surface area contributed by atoms with Gasteiger partial charge in [0.1, 0.15) is 5.84 Å². The first kappa shape index (κ1) is 10.5. The van der Waals surface area contributed by atoms with Gasteiger partial charge in [-0.2, -0.15) is 0 Å². The van der Waals surface area contributed by atoms with Crippen LogP contribution in [-0.2, 0) is 5.41 Å². The van der Waals surface area contributed by atoms with Gasteiger partial charge in [-0.05, 0) is 31.5 Å². The van der Waals surface area contributed by atoms with E-state index in [9.17, 15) is 0 Å². The second-order valence-electron chi connectivity index (χ2n) is 4.29. The molecule has 0 fully saturated rings. The second-order valence-corrected chi connectivity index (χ2v) is 4.73. The van der Waals surface area contributed by atoms with E-state index in [1.807, 2.05) is 18.2 Å². The van der Waals surface area contributed by atoms with E-state index in [0.717, 1.165) is 23.9 Å². The number of nitrogens with zero attached hydrogens (tertiary/aromatic N) is 1. The molecule has 0 bridgehead atoms. The molecule has 0 unspecified atom stereocenters. The minimum atomic E-state index is -0.0819. The summed E-state index contributed by atoms with van der Waals surface area (Å²) in [5.74, 6) is 1.06. The average molecular weight is 223 g/mol. The molecule has 15 heavy (non-hydrogen) atoms. The van der Waals surface area contributed by atoms with Crippen LogP contribution in [0.2, 0.25) is 5.02 Å². The van der Waals surface area contributed by atoms with Gasteiger partial charge in [0.05, 0.1) is 6.54 Å². The van der Waals surface area contributed by atoms with Crippen molar-refractivity contribution in [2.75, 3.05) is 13.1 Å². The fourth-order valence-electron chi connectivity index (χ4n) is 1.83. The Morgan fingerprint density at radius 2 is 2.20 bits per heavy atom. The van der Waals surface area contributed by atoms with Crippen LogP contribution in [0.1, 0.15) is 19.4 Å². The quantitative estimate of drug-likeness (QED) is 0.818. The minimum Gasteiger partial charge on any atom is -0.371 e. The number of aliphatic imine (C=N–C) groups is 1. The molecule has 0 spiro atoms. The number of hydrogen-bond acceptors (Lipinski definition) is 2. The Balaban J connectivity index is 2.36. The summed E-state index contributed by atoms with van der Waals surface area (Å²) >= 11 is 6.00. The molecule has 1 aliphatic rings. The third-order valence-electron chi connectivity index (χ3n) is 2.81. The summed E-state index contributed by atoms with van der Waals surface area (Å²) in [5.41, 5.74) is 1.12. The van der Waals surface area contributed by atoms with Gasteiger partial charge in [-0.3, -0.25) is 4.99 Å². The van der Waals surface area contributed by atoms with Crippen molar-refractivity contribution in [2.24, 2.45) is 4.99 Å². The number of rotatable bonds is 2. The summed E-state index contributed by atoms with van der Waals surface area (Å²) in [5, 5.41) is 4.10. The number of hydrogen-bond donors (Lipinski definition) is 1. The lowest BCUT2D eigenvalue weighted by atomic mass is 9.83. The summed E-state index contributed by atoms with van der Waals surface area (Å²) in [6.07, 6.45) is 0. The van der Waals surface area contributed by atoms with E-state index in [2.05, 4.69) is 30.2 Å². The SMILES string of the molecule is CC(C)(C1=NCCN1)c1cccc(Cl)c1. The third-order valence-corrected chi connectivity index (χ3v) is 3.05. The van der Waals surface area contributed by atoms with Gasteiger partial charge >= 0.3 is 0 Å². The predicted molar refractivity (Wildman–Crippen MR) is 64.8 cm³/mol. The van der Waals surface area contributed by atoms with Crippen LogP contribution in [0, 0.1) is 0 Å². The number of benzene rings is 1. The normalized spacial score (nSPS) is 16.1. The summed E-state index contributed by atoms with van der Waals surface area (Å²) in [6, 6.07) is 7.97. The van der Waals surface area contributed by atoms with Gasteiger partial charge in [-0.15, -0.1) is 0 Å². The molecule has 1 N–H and O–H groups in total. The molecule has 0 aliphatic carbocycles. The Hall–Kier alpha value is -1.02. The topological polar surface area (TPSA) is 24.4 Å². The Kier molecular flexibility index (Phi) is 2.70. The largest absolute Gasteiger partial charge is 0.371 e. The molecule has 0 atom stereocenters. The molecule has 2 rings (SSSR count). The van der Waals surface area contributed by atoms with Crippen molar-refractivity contribution in [2.45, 2.75) is 19.3 Å². The standard InChI is InChI=1S/C12H15ClN2/c1-12(2,11-14-6-7-15-11)9-4-3-5-10(13)8-9/h3-5,8H,6-7H2,1-2H3,(H,14,15). The Bertz CT molecular complexity index is 396. The molecule has 1 aromatic carbocycles. The molecule has 1 heterocycles. The maximum absolute atomic E-state index is 6.00. The molecule has 0 saturated heterocycles. The van der Waals surface area contributed by atoms with Crippen LogP contribution >= 0.6 is 11.6 Å². The van der Waals surface area contributed by atoms with E-state index in [1.54, 1.807) is 0 Å². The zero-order chi connectivity index (χ0) is 10.9. The fraction of sp³-hybridized carbons (Fsp3) is 0.417. The highest BCUT2D eigenvalue weighted by Gasteiger charge is 2.28. The Morgan fingerprint density at radius 3 is 2.80 bits per heavy atom. The van der Waals surface area contributed by atoms with Crippen LogP contribution < -0.4 is 5.32 Å². The number of amidine groups is 1. The van der Waals surface area contributed by atoms with Crippen LogP contribution in [0.25, 0.3) is 0 Å². The molecule has 2 nitrogen and oxygen atoms in total. The molecule has 3 heteroatoms. The molecule has 80 valence electrons. The maximum Gasteiger partial charge on any atom is 0.107 e. The van der Waals surface area contributed by atoms with E-state index >= 15 is 0 Å². The average Bonchev–Trinajstić information content (AvgIpc) is 2.71. The highest BCUT2D eigenvalue weighted by Crippen LogP contribution is 2.27. The highest BCUT2D eigenvalue weighted by atomic mass is 35.5. The van der Waals surface area contributed by atoms with Crippen LogP contribution in [0.4, 0.5) is 0 Å². The van der Waals surface area contributed by atoms with Crippen molar-refractivity contribution in [3.05, 3.63) is 34.9 Å². The van der Waals surface area contributed by atoms with E-state index in [1.165, 1.54) is 5.56 Å². The van der Waals surface area contributed by atoms with Crippen molar-refractivity contribution < 1.29 is 0 Å². The monoisotopic (exact) mass is 222 g/mol. The van der Waals surface area contributed by atoms with E-state index in [0.29, 0.717) is 0 Å². The van der Waals surface area contributed by atoms with Crippen LogP contribution in [0.15, 0.2) is 29.3 Å². The molecule has 0 aromatic heterocycles. The smallest absolute Gasteiger partial charge is 0.107 e. The molecular formula is C12H15ClN2. The van der Waals surface area contributed by atoms with E-state index in [-0.39, 0.29) is 5.41 Å². The lowest BCUT2D eigenvalue weighted by Gasteiger charge is -2.25. The van der Waals surface area contributed by atoms with Gasteiger partial charge in [0, 0.05) is 17.0 Å². The van der Waals surface area contributed by atoms with E-state index in [4.69, 9.17) is 11.6 Å². The lowest BCUT2D eigenvalue weighted by Crippen LogP contribution is -2.37. The van der Waals surface area contributed by atoms with Gasteiger partial charge in [-0.1, -0.05) is 23.7 Å². The number of nitrogens with one attached hydrogen (secondary N) is 1. The molecule has 1 aromatic rings. The van der Waals surface area contributed by atoms with Crippen LogP contribution in [0.3, 0.4) is 0 Å². The van der Waals surface area contributed by atoms with E-state index < -0.39 is 0 Å². The van der Waals surface area contributed by atoms with Gasteiger partial charge in [0.15, 0.2) is 0 Å². The van der Waals surface area contributed by atoms with Gasteiger partial charge in [-0.25, -0.2) is 0 Å². The third kappa shape index (κ3) is 2.00. The van der Waals surface area contributed by atoms with Crippen molar-refractivity contribution in [1.29, 1.82) is 0 Å². The summed E-state index contributed by atoms with van der Waals surface area (Å²) in [6.45, 7) is 6.14. The summed E-state index contributed by atoms with van der Waals surface area (Å²) < 4.78 is 0. The van der Waals surface area contributed by atoms with Gasteiger partial charge in [0.25, 0.3) is 0 Å². The zero-order valence-corrected chi connectivity index (χ0v) is 9.80. The highest BCUT2D eigenvalue weighted by molar-refractivity contribution is 6.30. The van der Waals surface area contributed by atoms with Crippen molar-refractivity contribution in [3.8, 4) is 0 Å². The predicted octanol–water partition coefficient (Wildman–Crippen LogP) is 2.62. The molecular weight excluding hydrogens is 208 g/mol. The van der Waals surface area contributed by atoms with Crippen molar-refractivity contribution in [1.82, 2.24) is 5.32 Å². The van der Waals surface area contributed by atoms with Gasteiger partial charge in [0.2, 0.25) is 0 Å². The molecule has 1 aliphatic heterocycles. The second kappa shape index (κ2) is 3.86. The minimum absolute atomic E-state index is 0.0819. The molecule has 0 radical (unpaired) electrons. The Morgan fingerprint density at radius 1 is 1.40 bits per heavy atom. The fourth-order valence-corrected chi connectivity index (χ4v) is 2.02. The first-order valence-electron chi connectivity index (χ1n) is 5.15. The first-order chi connectivity index (χ1) is 7.10. The van der Waals surface area contributed by atoms with Crippen molar-refractivity contribution in [3.63, 3.8) is 0 Å². The van der Waals surface area contributed by atoms with Crippen LogP contribution in [0.5, 0.6) is 0 Å². The van der Waals surface area contributed by atoms with Crippen LogP contribution in [-0.4, -0.2) is 18.9 Å². The van der Waals surface area contributed by atoms with Gasteiger partial charge < -0.3 is 5.32 Å². The maximum atomic E-state index is 6.00. The molecule has 0 amide bonds. The van der Waals surface area contributed by atoms with Crippen molar-refractivity contribution >= 4 is 17.4 Å². The lowest BCUT2D eigenvalue weighted by molar-refractivity contribution is 0.695. The summed E-state index contributed by atoms with van der Waals surface area (Å²) in [4.78, 5) is 4.48. The summed E-state index contributed by atoms with van der Waals surface area (Å²) in [7, 11) is 0. The zero-order valence-electron chi connectivity index (χ0n) is 9.05. The molecule has 0 saturated carbocycles. The number of halogens is 1. The first-order valence-corrected chi connectivity index (χ1v) is 5.53.